The predicted molar refractivity (Wildman–Crippen MR) is 157 cm³/mol. The van der Waals surface area contributed by atoms with Gasteiger partial charge in [0.1, 0.15) is 5.75 Å². The molecule has 39 heavy (non-hydrogen) atoms. The number of unbranched alkanes of at least 4 members (excludes halogenated alkanes) is 1. The van der Waals surface area contributed by atoms with Gasteiger partial charge in [-0.3, -0.25) is 4.79 Å². The van der Waals surface area contributed by atoms with E-state index in [9.17, 15) is 10.1 Å². The Bertz CT molecular complexity index is 1410. The van der Waals surface area contributed by atoms with E-state index in [1.54, 1.807) is 0 Å². The average Bonchev–Trinajstić information content (AvgIpc) is 3.31. The van der Waals surface area contributed by atoms with Gasteiger partial charge in [0, 0.05) is 30.1 Å². The molecule has 0 radical (unpaired) electrons. The molecule has 0 spiro atoms. The third-order valence-corrected chi connectivity index (χ3v) is 6.68. The minimum Gasteiger partial charge on any atom is -0.494 e. The van der Waals surface area contributed by atoms with Crippen molar-refractivity contribution in [1.82, 2.24) is 4.57 Å². The average molecular weight is 521 g/mol. The molecule has 0 atom stereocenters. The van der Waals surface area contributed by atoms with Crippen molar-refractivity contribution in [3.8, 4) is 11.8 Å². The standard InChI is InChI=1S/C34H36N2O3/c1-2-38-33(37)15-9-24-36-26-30(22-23-35)34-29(13-8-14-32(34)36)19-16-28-17-20-31(21-18-28)39-25-7-6-12-27-10-4-3-5-11-27/h3-5,8,10-11,13-14,16-21,26H,2,6-7,9,12,15,22,24-25H2,1H3/b19-16+. The van der Waals surface area contributed by atoms with Crippen LogP contribution in [0.15, 0.2) is 79.0 Å². The highest BCUT2D eigenvalue weighted by atomic mass is 16.5. The quantitative estimate of drug-likeness (QED) is 0.0974. The van der Waals surface area contributed by atoms with E-state index in [1.165, 1.54) is 5.56 Å². The van der Waals surface area contributed by atoms with Crippen LogP contribution in [0.4, 0.5) is 0 Å². The Labute approximate surface area is 231 Å². The zero-order valence-electron chi connectivity index (χ0n) is 22.6. The fourth-order valence-corrected chi connectivity index (χ4v) is 4.77. The number of benzene rings is 3. The highest BCUT2D eigenvalue weighted by molar-refractivity contribution is 5.94. The van der Waals surface area contributed by atoms with Crippen LogP contribution in [0.25, 0.3) is 23.1 Å². The summed E-state index contributed by atoms with van der Waals surface area (Å²) in [6.45, 7) is 3.63. The van der Waals surface area contributed by atoms with Crippen LogP contribution in [-0.2, 0) is 28.9 Å². The Kier molecular flexibility index (Phi) is 10.4. The Balaban J connectivity index is 1.37. The molecule has 0 fully saturated rings. The highest BCUT2D eigenvalue weighted by Crippen LogP contribution is 2.28. The van der Waals surface area contributed by atoms with Gasteiger partial charge in [-0.1, -0.05) is 66.7 Å². The van der Waals surface area contributed by atoms with E-state index in [4.69, 9.17) is 9.47 Å². The van der Waals surface area contributed by atoms with Crippen LogP contribution < -0.4 is 4.74 Å². The van der Waals surface area contributed by atoms with Crippen LogP contribution in [-0.4, -0.2) is 23.8 Å². The van der Waals surface area contributed by atoms with Crippen LogP contribution in [0, 0.1) is 11.3 Å². The summed E-state index contributed by atoms with van der Waals surface area (Å²) in [7, 11) is 0. The number of aryl methyl sites for hydroxylation is 2. The smallest absolute Gasteiger partial charge is 0.305 e. The van der Waals surface area contributed by atoms with E-state index in [2.05, 4.69) is 71.3 Å². The molecule has 0 aliphatic rings. The largest absolute Gasteiger partial charge is 0.494 e. The Morgan fingerprint density at radius 2 is 1.77 bits per heavy atom. The summed E-state index contributed by atoms with van der Waals surface area (Å²) in [6.07, 6.45) is 10.9. The van der Waals surface area contributed by atoms with Crippen LogP contribution in [0.1, 0.15) is 54.9 Å². The second-order valence-corrected chi connectivity index (χ2v) is 9.53. The fraction of sp³-hybridized carbons (Fsp3) is 0.294. The van der Waals surface area contributed by atoms with Gasteiger partial charge in [0.15, 0.2) is 0 Å². The lowest BCUT2D eigenvalue weighted by molar-refractivity contribution is -0.143. The molecule has 0 aliphatic heterocycles. The number of carbonyl (C=O) groups excluding carboxylic acids is 1. The number of esters is 1. The van der Waals surface area contributed by atoms with Gasteiger partial charge < -0.3 is 14.0 Å². The summed E-state index contributed by atoms with van der Waals surface area (Å²) in [4.78, 5) is 11.7. The van der Waals surface area contributed by atoms with Crippen LogP contribution in [0.3, 0.4) is 0 Å². The van der Waals surface area contributed by atoms with Crippen molar-refractivity contribution in [3.05, 3.63) is 101 Å². The normalized spacial score (nSPS) is 11.1. The number of aromatic nitrogens is 1. The molecule has 0 aliphatic carbocycles. The van der Waals surface area contributed by atoms with Crippen molar-refractivity contribution in [3.63, 3.8) is 0 Å². The van der Waals surface area contributed by atoms with Gasteiger partial charge in [-0.05, 0) is 73.1 Å². The third-order valence-electron chi connectivity index (χ3n) is 6.68. The van der Waals surface area contributed by atoms with Gasteiger partial charge in [0.05, 0.1) is 25.7 Å². The Hall–Kier alpha value is -4.30. The van der Waals surface area contributed by atoms with E-state index < -0.39 is 0 Å². The second-order valence-electron chi connectivity index (χ2n) is 9.53. The molecule has 0 amide bonds. The number of rotatable bonds is 14. The molecule has 0 saturated heterocycles. The molecule has 1 heterocycles. The van der Waals surface area contributed by atoms with Crippen LogP contribution >= 0.6 is 0 Å². The van der Waals surface area contributed by atoms with Crippen molar-refractivity contribution >= 4 is 29.0 Å². The summed E-state index contributed by atoms with van der Waals surface area (Å²) in [5.74, 6) is 0.708. The summed E-state index contributed by atoms with van der Waals surface area (Å²) >= 11 is 0. The van der Waals surface area contributed by atoms with Crippen molar-refractivity contribution < 1.29 is 14.3 Å². The number of ether oxygens (including phenoxy) is 2. The minimum atomic E-state index is -0.172. The third kappa shape index (κ3) is 8.09. The lowest BCUT2D eigenvalue weighted by Gasteiger charge is -2.07. The van der Waals surface area contributed by atoms with Gasteiger partial charge in [-0.15, -0.1) is 0 Å². The lowest BCUT2D eigenvalue weighted by Crippen LogP contribution is -2.06. The van der Waals surface area contributed by atoms with Crippen molar-refractivity contribution in [2.24, 2.45) is 0 Å². The molecule has 5 nitrogen and oxygen atoms in total. The molecular weight excluding hydrogens is 484 g/mol. The number of hydrogen-bond acceptors (Lipinski definition) is 4. The second kappa shape index (κ2) is 14.6. The SMILES string of the molecule is CCOC(=O)CCCn1cc(CC#N)c2c(/C=C/c3ccc(OCCCCc4ccccc4)cc3)cccc21. The first-order valence-electron chi connectivity index (χ1n) is 13.8. The van der Waals surface area contributed by atoms with Crippen LogP contribution in [0.5, 0.6) is 5.75 Å². The predicted octanol–water partition coefficient (Wildman–Crippen LogP) is 7.62. The lowest BCUT2D eigenvalue weighted by atomic mass is 10.0. The van der Waals surface area contributed by atoms with Crippen molar-refractivity contribution in [2.75, 3.05) is 13.2 Å². The van der Waals surface area contributed by atoms with E-state index in [0.717, 1.165) is 52.6 Å². The number of carbonyl (C=O) groups is 1. The van der Waals surface area contributed by atoms with E-state index >= 15 is 0 Å². The maximum Gasteiger partial charge on any atom is 0.305 e. The van der Waals surface area contributed by atoms with Crippen molar-refractivity contribution in [2.45, 2.75) is 52.0 Å². The summed E-state index contributed by atoms with van der Waals surface area (Å²) < 4.78 is 13.1. The maximum atomic E-state index is 11.7. The molecule has 0 N–H and O–H groups in total. The summed E-state index contributed by atoms with van der Waals surface area (Å²) in [5, 5.41) is 10.5. The fourth-order valence-electron chi connectivity index (χ4n) is 4.77. The first-order valence-corrected chi connectivity index (χ1v) is 13.8. The Morgan fingerprint density at radius 1 is 0.949 bits per heavy atom. The minimum absolute atomic E-state index is 0.172. The number of fused-ring (bicyclic) bond motifs is 1. The summed E-state index contributed by atoms with van der Waals surface area (Å²) in [5.41, 5.74) is 5.59. The molecule has 0 bridgehead atoms. The molecule has 0 saturated carbocycles. The molecule has 0 unspecified atom stereocenters. The molecule has 1 aromatic heterocycles. The van der Waals surface area contributed by atoms with Gasteiger partial charge >= 0.3 is 5.97 Å². The van der Waals surface area contributed by atoms with E-state index in [-0.39, 0.29) is 5.97 Å². The van der Waals surface area contributed by atoms with E-state index in [1.807, 2.05) is 37.4 Å². The van der Waals surface area contributed by atoms with Gasteiger partial charge in [-0.2, -0.15) is 5.26 Å². The highest BCUT2D eigenvalue weighted by Gasteiger charge is 2.12. The number of nitriles is 1. The van der Waals surface area contributed by atoms with Gasteiger partial charge in [-0.25, -0.2) is 0 Å². The summed E-state index contributed by atoms with van der Waals surface area (Å²) in [6, 6.07) is 27.2. The zero-order valence-corrected chi connectivity index (χ0v) is 22.6. The molecule has 4 aromatic rings. The van der Waals surface area contributed by atoms with Crippen molar-refractivity contribution in [1.29, 1.82) is 5.26 Å². The molecule has 5 heteroatoms. The molecule has 3 aromatic carbocycles. The van der Waals surface area contributed by atoms with Gasteiger partial charge in [0.25, 0.3) is 0 Å². The first-order chi connectivity index (χ1) is 19.2. The van der Waals surface area contributed by atoms with E-state index in [0.29, 0.717) is 39.0 Å². The van der Waals surface area contributed by atoms with Gasteiger partial charge in [0.2, 0.25) is 0 Å². The van der Waals surface area contributed by atoms with Crippen LogP contribution in [0.2, 0.25) is 0 Å². The molecule has 200 valence electrons. The Morgan fingerprint density at radius 3 is 2.54 bits per heavy atom. The maximum absolute atomic E-state index is 11.7. The number of hydrogen-bond donors (Lipinski definition) is 0. The topological polar surface area (TPSA) is 64.2 Å². The molecular formula is C34H36N2O3. The monoisotopic (exact) mass is 520 g/mol. The first kappa shape index (κ1) is 27.7. The number of nitrogens with zero attached hydrogens (tertiary/aromatic N) is 2. The molecule has 4 rings (SSSR count). The zero-order chi connectivity index (χ0) is 27.3.